The predicted molar refractivity (Wildman–Crippen MR) is 206 cm³/mol. The number of hydrogen-bond donors (Lipinski definition) is 3. The van der Waals surface area contributed by atoms with Crippen LogP contribution in [0, 0.1) is 0 Å². The summed E-state index contributed by atoms with van der Waals surface area (Å²) in [6, 6.07) is 11.1. The maximum absolute atomic E-state index is 13.7. The van der Waals surface area contributed by atoms with E-state index in [-0.39, 0.29) is 71.2 Å². The van der Waals surface area contributed by atoms with E-state index in [1.807, 2.05) is 25.3 Å². The molecule has 3 aromatic carbocycles. The van der Waals surface area contributed by atoms with Crippen LogP contribution in [0.25, 0.3) is 10.8 Å². The summed E-state index contributed by atoms with van der Waals surface area (Å²) in [5.74, 6) is 0.179. The van der Waals surface area contributed by atoms with Gasteiger partial charge in [0, 0.05) is 54.1 Å². The molecule has 0 aromatic heterocycles. The van der Waals surface area contributed by atoms with Crippen molar-refractivity contribution < 1.29 is 52.6 Å². The lowest BCUT2D eigenvalue weighted by Crippen LogP contribution is -2.51. The van der Waals surface area contributed by atoms with E-state index in [9.17, 15) is 33.8 Å². The number of aliphatic hydroxyl groups is 1. The number of hydrogen-bond acceptors (Lipinski definition) is 10. The van der Waals surface area contributed by atoms with Gasteiger partial charge < -0.3 is 33.6 Å². The van der Waals surface area contributed by atoms with Crippen molar-refractivity contribution in [3.05, 3.63) is 53.6 Å². The minimum absolute atomic E-state index is 0.0134. The number of anilines is 2. The van der Waals surface area contributed by atoms with Gasteiger partial charge in [0.2, 0.25) is 5.91 Å². The van der Waals surface area contributed by atoms with Crippen molar-refractivity contribution >= 4 is 71.2 Å². The van der Waals surface area contributed by atoms with Crippen molar-refractivity contribution in [2.75, 3.05) is 55.3 Å². The lowest BCUT2D eigenvalue weighted by molar-refractivity contribution is -0.118. The van der Waals surface area contributed by atoms with E-state index in [1.54, 1.807) is 21.9 Å². The Bertz CT molecular complexity index is 1950. The molecule has 0 spiro atoms. The average Bonchev–Trinajstić information content (AvgIpc) is 3.78. The summed E-state index contributed by atoms with van der Waals surface area (Å²) >= 11 is 7.89. The van der Waals surface area contributed by atoms with Crippen molar-refractivity contribution in [3.63, 3.8) is 0 Å². The molecule has 6 rings (SSSR count). The first-order valence-electron chi connectivity index (χ1n) is 17.9. The second-order valence-corrected chi connectivity index (χ2v) is 16.3. The van der Waals surface area contributed by atoms with Gasteiger partial charge in [0.1, 0.15) is 12.4 Å². The molecule has 292 valence electrons. The lowest BCUT2D eigenvalue weighted by Gasteiger charge is -2.32. The van der Waals surface area contributed by atoms with Crippen LogP contribution in [-0.2, 0) is 14.1 Å². The Morgan fingerprint density at radius 2 is 1.80 bits per heavy atom. The van der Waals surface area contributed by atoms with Gasteiger partial charge in [0.25, 0.3) is 5.91 Å². The van der Waals surface area contributed by atoms with E-state index >= 15 is 0 Å². The Balaban J connectivity index is 1.13. The minimum Gasteiger partial charge on any atom is -0.493 e. The third-order valence-electron chi connectivity index (χ3n) is 10.1. The highest BCUT2D eigenvalue weighted by Crippen LogP contribution is 2.49. The molecular formula is C37H45ClN3O11PS. The first kappa shape index (κ1) is 40.0. The molecule has 0 aliphatic carbocycles. The molecule has 1 saturated heterocycles. The SMILES string of the molecule is COc1cc2c(cc1OCCCCCC(=O)N1C[C@@H](CCl)c3c1cc(OP(=O)(O)O)c1ccccc31)N(C(=O)OCC(C)SC)C(O)[C@@H]1CCCN1C2=O. The van der Waals surface area contributed by atoms with Crippen molar-refractivity contribution in [2.24, 2.45) is 0 Å². The second-order valence-electron chi connectivity index (χ2n) is 13.6. The Kier molecular flexibility index (Phi) is 12.6. The number of fused-ring (bicyclic) bond motifs is 5. The van der Waals surface area contributed by atoms with Gasteiger partial charge in [-0.15, -0.1) is 11.6 Å². The molecular weight excluding hydrogens is 761 g/mol. The standard InChI is InChI=1S/C37H45ClN3O11PS/c1-22(54-3)21-51-37(45)41-28-17-32(31(49-2)16-26(28)35(43)39-14-9-12-27(39)36(41)44)50-15-8-4-5-13-33(42)40-20-23(19-38)34-25-11-7-6-10-24(25)30(18-29(34)40)52-53(46,47)48/h6-7,10-11,16-18,22-23,27,36,44H,4-5,8-9,12-15,19-21H2,1-3H3,(H2,46,47,48)/t22?,23-,27+,36?/m1/s1. The number of unbranched alkanes of at least 4 members (excludes halogenated alkanes) is 2. The molecule has 1 fully saturated rings. The van der Waals surface area contributed by atoms with Crippen LogP contribution in [-0.4, -0.2) is 101 Å². The molecule has 0 bridgehead atoms. The quantitative estimate of drug-likeness (QED) is 0.0949. The number of benzene rings is 3. The number of carbonyl (C=O) groups excluding carboxylic acids is 3. The van der Waals surface area contributed by atoms with E-state index in [2.05, 4.69) is 0 Å². The minimum atomic E-state index is -4.87. The van der Waals surface area contributed by atoms with Crippen LogP contribution in [0.1, 0.15) is 67.3 Å². The zero-order valence-electron chi connectivity index (χ0n) is 30.3. The topological polar surface area (TPSA) is 176 Å². The third kappa shape index (κ3) is 8.26. The number of amides is 3. The maximum Gasteiger partial charge on any atom is 0.524 e. The summed E-state index contributed by atoms with van der Waals surface area (Å²) in [5.41, 5.74) is 1.73. The van der Waals surface area contributed by atoms with Gasteiger partial charge >= 0.3 is 13.9 Å². The molecule has 3 aliphatic rings. The number of alkyl halides is 1. The van der Waals surface area contributed by atoms with E-state index < -0.39 is 26.2 Å². The Morgan fingerprint density at radius 1 is 1.06 bits per heavy atom. The van der Waals surface area contributed by atoms with Crippen LogP contribution in [0.5, 0.6) is 17.2 Å². The molecule has 0 saturated carbocycles. The number of rotatable bonds is 14. The molecule has 4 atom stereocenters. The first-order chi connectivity index (χ1) is 25.9. The van der Waals surface area contributed by atoms with Crippen molar-refractivity contribution in [2.45, 2.75) is 68.9 Å². The summed E-state index contributed by atoms with van der Waals surface area (Å²) in [6.07, 6.45) is 3.00. The fourth-order valence-corrected chi connectivity index (χ4v) is 8.26. The van der Waals surface area contributed by atoms with Crippen LogP contribution in [0.15, 0.2) is 42.5 Å². The summed E-state index contributed by atoms with van der Waals surface area (Å²) in [4.78, 5) is 64.2. The Morgan fingerprint density at radius 3 is 2.50 bits per heavy atom. The molecule has 54 heavy (non-hydrogen) atoms. The first-order valence-corrected chi connectivity index (χ1v) is 21.2. The number of methoxy groups -OCH3 is 1. The maximum atomic E-state index is 13.7. The van der Waals surface area contributed by atoms with Gasteiger partial charge in [-0.2, -0.15) is 11.8 Å². The summed E-state index contributed by atoms with van der Waals surface area (Å²) in [5, 5.41) is 12.7. The zero-order chi connectivity index (χ0) is 38.7. The van der Waals surface area contributed by atoms with Crippen molar-refractivity contribution in [1.29, 1.82) is 0 Å². The largest absolute Gasteiger partial charge is 0.524 e. The van der Waals surface area contributed by atoms with Gasteiger partial charge in [-0.05, 0) is 55.4 Å². The number of thioether (sulfide) groups is 1. The normalized spacial score (nSPS) is 19.9. The molecule has 17 heteroatoms. The highest BCUT2D eigenvalue weighted by atomic mass is 35.5. The molecule has 2 unspecified atom stereocenters. The van der Waals surface area contributed by atoms with Gasteiger partial charge in [0.05, 0.1) is 36.7 Å². The molecule has 3 N–H and O–H groups in total. The number of phosphoric acid groups is 1. The number of phosphoric ester groups is 1. The second kappa shape index (κ2) is 17.0. The number of carbonyl (C=O) groups is 3. The van der Waals surface area contributed by atoms with Gasteiger partial charge in [-0.25, -0.2) is 14.3 Å². The summed E-state index contributed by atoms with van der Waals surface area (Å²) in [7, 11) is -3.41. The zero-order valence-corrected chi connectivity index (χ0v) is 32.8. The van der Waals surface area contributed by atoms with Gasteiger partial charge in [-0.1, -0.05) is 31.2 Å². The Hall–Kier alpha value is -3.72. The van der Waals surface area contributed by atoms with Crippen LogP contribution >= 0.6 is 31.2 Å². The van der Waals surface area contributed by atoms with Gasteiger partial charge in [0.15, 0.2) is 17.7 Å². The van der Waals surface area contributed by atoms with Crippen LogP contribution < -0.4 is 23.8 Å². The monoisotopic (exact) mass is 805 g/mol. The number of nitrogens with zero attached hydrogens (tertiary/aromatic N) is 3. The fourth-order valence-electron chi connectivity index (χ4n) is 7.40. The molecule has 3 heterocycles. The predicted octanol–water partition coefficient (Wildman–Crippen LogP) is 6.26. The van der Waals surface area contributed by atoms with Crippen molar-refractivity contribution in [3.8, 4) is 17.2 Å². The number of aliphatic hydroxyl groups excluding tert-OH is 1. The molecule has 0 radical (unpaired) electrons. The highest BCUT2D eigenvalue weighted by molar-refractivity contribution is 7.99. The fraction of sp³-hybridized carbons (Fsp3) is 0.486. The number of halogens is 1. The summed E-state index contributed by atoms with van der Waals surface area (Å²) in [6.45, 7) is 3.07. The molecule has 3 aromatic rings. The van der Waals surface area contributed by atoms with Crippen molar-refractivity contribution in [1.82, 2.24) is 4.90 Å². The smallest absolute Gasteiger partial charge is 0.493 e. The van der Waals surface area contributed by atoms with Crippen LogP contribution in [0.3, 0.4) is 0 Å². The average molecular weight is 806 g/mol. The van der Waals surface area contributed by atoms with E-state index in [4.69, 9.17) is 30.3 Å². The van der Waals surface area contributed by atoms with E-state index in [1.165, 1.54) is 37.1 Å². The molecule has 14 nitrogen and oxygen atoms in total. The third-order valence-corrected chi connectivity index (χ3v) is 11.9. The van der Waals surface area contributed by atoms with Gasteiger partial charge in [-0.3, -0.25) is 19.4 Å². The molecule has 3 aliphatic heterocycles. The van der Waals surface area contributed by atoms with Crippen LogP contribution in [0.2, 0.25) is 0 Å². The lowest BCUT2D eigenvalue weighted by atomic mass is 9.95. The molecule has 3 amide bonds. The van der Waals surface area contributed by atoms with E-state index in [0.717, 1.165) is 10.5 Å². The van der Waals surface area contributed by atoms with Crippen LogP contribution in [0.4, 0.5) is 16.2 Å². The Labute approximate surface area is 322 Å². The van der Waals surface area contributed by atoms with E-state index in [0.29, 0.717) is 67.4 Å². The summed E-state index contributed by atoms with van der Waals surface area (Å²) < 4.78 is 34.1. The number of ether oxygens (including phenoxy) is 3. The highest BCUT2D eigenvalue weighted by Gasteiger charge is 2.45.